The molecule has 4 rings (SSSR count). The molecule has 2 aromatic heterocycles. The monoisotopic (exact) mass is 501 g/mol. The van der Waals surface area contributed by atoms with E-state index in [4.69, 9.17) is 37.7 Å². The van der Waals surface area contributed by atoms with E-state index in [2.05, 4.69) is 4.98 Å². The van der Waals surface area contributed by atoms with Crippen LogP contribution in [0.5, 0.6) is 11.5 Å². The molecule has 0 N–H and O–H groups in total. The van der Waals surface area contributed by atoms with Crippen LogP contribution in [-0.2, 0) is 11.3 Å². The molecular weight excluding hydrogens is 481 g/mol. The number of halogens is 2. The van der Waals surface area contributed by atoms with Crippen LogP contribution in [0, 0.1) is 0 Å². The number of fused-ring (bicyclic) bond motifs is 1. The van der Waals surface area contributed by atoms with Gasteiger partial charge in [-0.3, -0.25) is 14.7 Å². The summed E-state index contributed by atoms with van der Waals surface area (Å²) in [6, 6.07) is 14.1. The smallest absolute Gasteiger partial charge is 0.272 e. The standard InChI is InChI=1S/C24H21Cl2N3O3S/c1-24(2,32-17-8-6-16(25)7-9-17)22(30)29(14-15-5-4-12-27-13-15)23-28-20-19(31-3)11-10-18(26)21(20)33-23/h4-13H,14H2,1-3H3. The third-order valence-electron chi connectivity index (χ3n) is 4.91. The molecule has 0 saturated heterocycles. The van der Waals surface area contributed by atoms with E-state index in [-0.39, 0.29) is 12.5 Å². The molecule has 170 valence electrons. The summed E-state index contributed by atoms with van der Waals surface area (Å²) in [5.74, 6) is 0.853. The number of nitrogens with zero attached hydrogens (tertiary/aromatic N) is 3. The molecule has 6 nitrogen and oxygen atoms in total. The highest BCUT2D eigenvalue weighted by molar-refractivity contribution is 7.23. The van der Waals surface area contributed by atoms with Crippen LogP contribution in [0.25, 0.3) is 10.2 Å². The Kier molecular flexibility index (Phi) is 6.74. The predicted molar refractivity (Wildman–Crippen MR) is 133 cm³/mol. The molecule has 0 unspecified atom stereocenters. The van der Waals surface area contributed by atoms with Gasteiger partial charge in [0.1, 0.15) is 17.0 Å². The van der Waals surface area contributed by atoms with Crippen molar-refractivity contribution in [2.75, 3.05) is 12.0 Å². The largest absolute Gasteiger partial charge is 0.494 e. The van der Waals surface area contributed by atoms with E-state index in [1.807, 2.05) is 12.1 Å². The summed E-state index contributed by atoms with van der Waals surface area (Å²) in [7, 11) is 1.57. The Hall–Kier alpha value is -2.87. The number of anilines is 1. The number of benzene rings is 2. The SMILES string of the molecule is COc1ccc(Cl)c2sc(N(Cc3cccnc3)C(=O)C(C)(C)Oc3ccc(Cl)cc3)nc12. The summed E-state index contributed by atoms with van der Waals surface area (Å²) in [5, 5.41) is 1.61. The van der Waals surface area contributed by atoms with Gasteiger partial charge in [-0.05, 0) is 61.9 Å². The topological polar surface area (TPSA) is 64.5 Å². The van der Waals surface area contributed by atoms with Crippen molar-refractivity contribution in [3.05, 3.63) is 76.5 Å². The van der Waals surface area contributed by atoms with Crippen molar-refractivity contribution < 1.29 is 14.3 Å². The summed E-state index contributed by atoms with van der Waals surface area (Å²) in [6.07, 6.45) is 3.40. The molecule has 9 heteroatoms. The maximum Gasteiger partial charge on any atom is 0.272 e. The number of hydrogen-bond donors (Lipinski definition) is 0. The zero-order valence-electron chi connectivity index (χ0n) is 18.2. The lowest BCUT2D eigenvalue weighted by Gasteiger charge is -2.31. The minimum atomic E-state index is -1.19. The van der Waals surface area contributed by atoms with Gasteiger partial charge >= 0.3 is 0 Å². The van der Waals surface area contributed by atoms with Crippen LogP contribution in [0.15, 0.2) is 60.9 Å². The van der Waals surface area contributed by atoms with Gasteiger partial charge in [-0.1, -0.05) is 40.6 Å². The predicted octanol–water partition coefficient (Wildman–Crippen LogP) is 6.40. The van der Waals surface area contributed by atoms with Crippen molar-refractivity contribution in [1.29, 1.82) is 0 Å². The number of pyridine rings is 1. The molecule has 0 spiro atoms. The number of carbonyl (C=O) groups is 1. The first kappa shape index (κ1) is 23.3. The molecule has 0 saturated carbocycles. The van der Waals surface area contributed by atoms with E-state index < -0.39 is 5.60 Å². The Bertz CT molecular complexity index is 1280. The first-order chi connectivity index (χ1) is 15.8. The van der Waals surface area contributed by atoms with Crippen LogP contribution in [0.1, 0.15) is 19.4 Å². The van der Waals surface area contributed by atoms with Crippen molar-refractivity contribution in [2.24, 2.45) is 0 Å². The van der Waals surface area contributed by atoms with Crippen LogP contribution >= 0.6 is 34.5 Å². The van der Waals surface area contributed by atoms with E-state index in [9.17, 15) is 4.79 Å². The fourth-order valence-electron chi connectivity index (χ4n) is 3.29. The molecule has 1 amide bonds. The molecule has 0 fully saturated rings. The Morgan fingerprint density at radius 3 is 2.55 bits per heavy atom. The Labute approximate surface area is 205 Å². The molecule has 0 aliphatic rings. The minimum Gasteiger partial charge on any atom is -0.494 e. The van der Waals surface area contributed by atoms with Crippen LogP contribution in [0.3, 0.4) is 0 Å². The average molecular weight is 502 g/mol. The lowest BCUT2D eigenvalue weighted by Crippen LogP contribution is -2.48. The van der Waals surface area contributed by atoms with Gasteiger partial charge < -0.3 is 9.47 Å². The van der Waals surface area contributed by atoms with Gasteiger partial charge in [0.15, 0.2) is 10.7 Å². The fourth-order valence-corrected chi connectivity index (χ4v) is 4.67. The molecule has 0 bridgehead atoms. The molecule has 0 aliphatic carbocycles. The van der Waals surface area contributed by atoms with E-state index in [1.54, 1.807) is 74.6 Å². The minimum absolute atomic E-state index is 0.264. The summed E-state index contributed by atoms with van der Waals surface area (Å²) < 4.78 is 12.3. The number of amides is 1. The zero-order valence-corrected chi connectivity index (χ0v) is 20.5. The van der Waals surface area contributed by atoms with Gasteiger partial charge in [0.2, 0.25) is 0 Å². The number of aromatic nitrogens is 2. The van der Waals surface area contributed by atoms with E-state index >= 15 is 0 Å². The highest BCUT2D eigenvalue weighted by Gasteiger charge is 2.37. The second kappa shape index (κ2) is 9.55. The molecule has 2 heterocycles. The van der Waals surface area contributed by atoms with E-state index in [1.165, 1.54) is 11.3 Å². The summed E-state index contributed by atoms with van der Waals surface area (Å²) in [5.41, 5.74) is 0.262. The summed E-state index contributed by atoms with van der Waals surface area (Å²) >= 11 is 13.7. The van der Waals surface area contributed by atoms with Gasteiger partial charge in [-0.15, -0.1) is 0 Å². The van der Waals surface area contributed by atoms with Crippen LogP contribution in [-0.4, -0.2) is 28.6 Å². The maximum absolute atomic E-state index is 13.8. The highest BCUT2D eigenvalue weighted by Crippen LogP contribution is 2.39. The van der Waals surface area contributed by atoms with Crippen molar-refractivity contribution in [3.8, 4) is 11.5 Å². The number of rotatable bonds is 7. The zero-order chi connectivity index (χ0) is 23.6. The molecule has 2 aromatic carbocycles. The maximum atomic E-state index is 13.8. The fraction of sp³-hybridized carbons (Fsp3) is 0.208. The Balaban J connectivity index is 1.75. The first-order valence-corrected chi connectivity index (χ1v) is 11.6. The van der Waals surface area contributed by atoms with Crippen molar-refractivity contribution >= 4 is 55.8 Å². The second-order valence-electron chi connectivity index (χ2n) is 7.74. The quantitative estimate of drug-likeness (QED) is 0.293. The molecule has 0 radical (unpaired) electrons. The van der Waals surface area contributed by atoms with Gasteiger partial charge in [-0.2, -0.15) is 0 Å². The average Bonchev–Trinajstić information content (AvgIpc) is 3.25. The summed E-state index contributed by atoms with van der Waals surface area (Å²) in [6.45, 7) is 3.71. The summed E-state index contributed by atoms with van der Waals surface area (Å²) in [4.78, 5) is 24.3. The second-order valence-corrected chi connectivity index (χ2v) is 9.56. The van der Waals surface area contributed by atoms with E-state index in [0.717, 1.165) is 10.3 Å². The van der Waals surface area contributed by atoms with Crippen molar-refractivity contribution in [3.63, 3.8) is 0 Å². The van der Waals surface area contributed by atoms with Crippen molar-refractivity contribution in [1.82, 2.24) is 9.97 Å². The highest BCUT2D eigenvalue weighted by atomic mass is 35.5. The van der Waals surface area contributed by atoms with E-state index in [0.29, 0.717) is 32.2 Å². The number of ether oxygens (including phenoxy) is 2. The molecule has 0 atom stereocenters. The normalized spacial score (nSPS) is 11.4. The van der Waals surface area contributed by atoms with Crippen LogP contribution in [0.4, 0.5) is 5.13 Å². The van der Waals surface area contributed by atoms with Crippen molar-refractivity contribution in [2.45, 2.75) is 26.0 Å². The van der Waals surface area contributed by atoms with Crippen LogP contribution < -0.4 is 14.4 Å². The molecule has 0 aliphatic heterocycles. The lowest BCUT2D eigenvalue weighted by atomic mass is 10.1. The number of methoxy groups -OCH3 is 1. The molecule has 33 heavy (non-hydrogen) atoms. The van der Waals surface area contributed by atoms with Gasteiger partial charge in [0.05, 0.1) is 23.4 Å². The third kappa shape index (κ3) is 5.05. The van der Waals surface area contributed by atoms with Gasteiger partial charge in [0, 0.05) is 17.4 Å². The first-order valence-electron chi connectivity index (χ1n) is 10.1. The Morgan fingerprint density at radius 2 is 1.88 bits per heavy atom. The number of hydrogen-bond acceptors (Lipinski definition) is 6. The van der Waals surface area contributed by atoms with Gasteiger partial charge in [-0.25, -0.2) is 4.98 Å². The number of carbonyl (C=O) groups excluding carboxylic acids is 1. The van der Waals surface area contributed by atoms with Crippen LogP contribution in [0.2, 0.25) is 10.0 Å². The number of thiazole rings is 1. The Morgan fingerprint density at radius 1 is 1.12 bits per heavy atom. The lowest BCUT2D eigenvalue weighted by molar-refractivity contribution is -0.131. The molecular formula is C24H21Cl2N3O3S. The molecule has 4 aromatic rings. The van der Waals surface area contributed by atoms with Gasteiger partial charge in [0.25, 0.3) is 5.91 Å². The third-order valence-corrected chi connectivity index (χ3v) is 6.70.